The van der Waals surface area contributed by atoms with Crippen LogP contribution in [0.5, 0.6) is 5.75 Å². The van der Waals surface area contributed by atoms with Gasteiger partial charge in [0.25, 0.3) is 0 Å². The zero-order valence-electron chi connectivity index (χ0n) is 10.2. The summed E-state index contributed by atoms with van der Waals surface area (Å²) in [5.74, 6) is 0.512. The third-order valence-electron chi connectivity index (χ3n) is 3.70. The summed E-state index contributed by atoms with van der Waals surface area (Å²) in [5.41, 5.74) is 2.97. The van der Waals surface area contributed by atoms with E-state index in [-0.39, 0.29) is 0 Å². The summed E-state index contributed by atoms with van der Waals surface area (Å²) in [7, 11) is 0. The molecule has 1 heterocycles. The fourth-order valence-electron chi connectivity index (χ4n) is 2.17. The Hall–Kier alpha value is -1.02. The van der Waals surface area contributed by atoms with Crippen LogP contribution in [0.15, 0.2) is 18.2 Å². The number of rotatable bonds is 1. The topological polar surface area (TPSA) is 18.5 Å². The largest absolute Gasteiger partial charge is 0.463 e. The van der Waals surface area contributed by atoms with E-state index in [1.807, 2.05) is 13.8 Å². The van der Waals surface area contributed by atoms with Crippen LogP contribution < -0.4 is 4.74 Å². The molecule has 0 saturated heterocycles. The first-order chi connectivity index (χ1) is 7.49. The Kier molecular flexibility index (Phi) is 1.91. The highest BCUT2D eigenvalue weighted by Gasteiger charge is 2.40. The maximum absolute atomic E-state index is 5.86. The van der Waals surface area contributed by atoms with Gasteiger partial charge in [-0.05, 0) is 29.9 Å². The van der Waals surface area contributed by atoms with Crippen molar-refractivity contribution in [1.82, 2.24) is 0 Å². The van der Waals surface area contributed by atoms with Gasteiger partial charge in [0.05, 0.1) is 6.61 Å². The van der Waals surface area contributed by atoms with Crippen LogP contribution in [0.1, 0.15) is 44.7 Å². The number of benzene rings is 1. The van der Waals surface area contributed by atoms with E-state index in [0.717, 1.165) is 11.3 Å². The summed E-state index contributed by atoms with van der Waals surface area (Å²) >= 11 is 0. The van der Waals surface area contributed by atoms with E-state index in [2.05, 4.69) is 25.1 Å². The summed E-state index contributed by atoms with van der Waals surface area (Å²) in [4.78, 5) is 0. The summed E-state index contributed by atoms with van der Waals surface area (Å²) < 4.78 is 11.5. The fourth-order valence-corrected chi connectivity index (χ4v) is 2.17. The minimum Gasteiger partial charge on any atom is -0.463 e. The van der Waals surface area contributed by atoms with E-state index in [0.29, 0.717) is 12.0 Å². The van der Waals surface area contributed by atoms with Gasteiger partial charge in [0.1, 0.15) is 5.75 Å². The van der Waals surface area contributed by atoms with Gasteiger partial charge >= 0.3 is 0 Å². The molecule has 0 N–H and O–H groups in total. The molecule has 2 aliphatic rings. The molecule has 2 heteroatoms. The molecule has 0 unspecified atom stereocenters. The molecule has 2 nitrogen and oxygen atoms in total. The van der Waals surface area contributed by atoms with E-state index >= 15 is 0 Å². The molecular formula is C14H18O2. The maximum atomic E-state index is 5.86. The van der Waals surface area contributed by atoms with Gasteiger partial charge in [0, 0.05) is 19.4 Å². The van der Waals surface area contributed by atoms with Gasteiger partial charge in [-0.15, -0.1) is 0 Å². The second kappa shape index (κ2) is 3.01. The first kappa shape index (κ1) is 10.2. The summed E-state index contributed by atoms with van der Waals surface area (Å²) in [6, 6.07) is 6.56. The summed E-state index contributed by atoms with van der Waals surface area (Å²) in [6.07, 6.45) is 2.59. The predicted molar refractivity (Wildman–Crippen MR) is 62.5 cm³/mol. The van der Waals surface area contributed by atoms with Crippen molar-refractivity contribution in [3.8, 4) is 5.75 Å². The summed E-state index contributed by atoms with van der Waals surface area (Å²) in [5, 5.41) is 0. The van der Waals surface area contributed by atoms with Crippen molar-refractivity contribution in [3.05, 3.63) is 29.3 Å². The minimum absolute atomic E-state index is 0.404. The van der Waals surface area contributed by atoms with E-state index in [4.69, 9.17) is 9.47 Å². The van der Waals surface area contributed by atoms with Gasteiger partial charge in [-0.25, -0.2) is 0 Å². The molecule has 1 aliphatic carbocycles. The molecule has 0 amide bonds. The molecule has 0 spiro atoms. The maximum Gasteiger partial charge on any atom is 0.205 e. The second-order valence-electron chi connectivity index (χ2n) is 5.67. The van der Waals surface area contributed by atoms with Crippen molar-refractivity contribution < 1.29 is 9.47 Å². The number of hydrogen-bond donors (Lipinski definition) is 0. The van der Waals surface area contributed by atoms with Crippen LogP contribution in [0.2, 0.25) is 0 Å². The Labute approximate surface area is 96.6 Å². The molecule has 1 saturated carbocycles. The van der Waals surface area contributed by atoms with Crippen LogP contribution in [0.4, 0.5) is 0 Å². The normalized spacial score (nSPS) is 24.4. The molecule has 1 aromatic carbocycles. The Morgan fingerprint density at radius 1 is 1.12 bits per heavy atom. The minimum atomic E-state index is -0.490. The molecule has 1 aliphatic heterocycles. The predicted octanol–water partition coefficient (Wildman–Crippen LogP) is 3.38. The Morgan fingerprint density at radius 3 is 2.56 bits per heavy atom. The smallest absolute Gasteiger partial charge is 0.205 e. The highest BCUT2D eigenvalue weighted by molar-refractivity contribution is 5.43. The Morgan fingerprint density at radius 2 is 1.88 bits per heavy atom. The molecule has 86 valence electrons. The zero-order chi connectivity index (χ0) is 11.4. The van der Waals surface area contributed by atoms with E-state index in [1.54, 1.807) is 0 Å². The standard InChI is InChI=1S/C14H18O2/c1-13(2)15-9-10-4-5-11(8-12(10)16-13)14(3)6-7-14/h4-5,8H,6-7,9H2,1-3H3. The molecular weight excluding hydrogens is 200 g/mol. The van der Waals surface area contributed by atoms with E-state index < -0.39 is 5.79 Å². The van der Waals surface area contributed by atoms with Crippen molar-refractivity contribution in [2.24, 2.45) is 0 Å². The first-order valence-electron chi connectivity index (χ1n) is 5.95. The Bertz CT molecular complexity index is 430. The molecule has 16 heavy (non-hydrogen) atoms. The van der Waals surface area contributed by atoms with Crippen molar-refractivity contribution in [2.45, 2.75) is 51.4 Å². The van der Waals surface area contributed by atoms with Crippen LogP contribution >= 0.6 is 0 Å². The highest BCUT2D eigenvalue weighted by atomic mass is 16.7. The third kappa shape index (κ3) is 1.61. The Balaban J connectivity index is 1.98. The van der Waals surface area contributed by atoms with Crippen LogP contribution in [0.3, 0.4) is 0 Å². The third-order valence-corrected chi connectivity index (χ3v) is 3.70. The van der Waals surface area contributed by atoms with Gasteiger partial charge in [0.15, 0.2) is 0 Å². The van der Waals surface area contributed by atoms with E-state index in [9.17, 15) is 0 Å². The quantitative estimate of drug-likeness (QED) is 0.719. The van der Waals surface area contributed by atoms with Crippen LogP contribution in [0, 0.1) is 0 Å². The van der Waals surface area contributed by atoms with Gasteiger partial charge in [0.2, 0.25) is 5.79 Å². The molecule has 3 rings (SSSR count). The number of fused-ring (bicyclic) bond motifs is 1. The monoisotopic (exact) mass is 218 g/mol. The van der Waals surface area contributed by atoms with Gasteiger partial charge < -0.3 is 9.47 Å². The molecule has 0 aromatic heterocycles. The van der Waals surface area contributed by atoms with Crippen molar-refractivity contribution in [1.29, 1.82) is 0 Å². The van der Waals surface area contributed by atoms with Gasteiger partial charge in [-0.3, -0.25) is 0 Å². The molecule has 0 atom stereocenters. The lowest BCUT2D eigenvalue weighted by atomic mass is 9.96. The van der Waals surface area contributed by atoms with Crippen molar-refractivity contribution in [3.63, 3.8) is 0 Å². The average molecular weight is 218 g/mol. The molecule has 0 radical (unpaired) electrons. The summed E-state index contributed by atoms with van der Waals surface area (Å²) in [6.45, 7) is 6.89. The lowest BCUT2D eigenvalue weighted by Gasteiger charge is -2.33. The van der Waals surface area contributed by atoms with Crippen LogP contribution in [-0.4, -0.2) is 5.79 Å². The average Bonchev–Trinajstić information content (AvgIpc) is 2.95. The molecule has 1 aromatic rings. The van der Waals surface area contributed by atoms with Crippen LogP contribution in [-0.2, 0) is 16.8 Å². The SMILES string of the molecule is CC1(C)OCc2ccc(C3(C)CC3)cc2O1. The van der Waals surface area contributed by atoms with Crippen molar-refractivity contribution in [2.75, 3.05) is 0 Å². The number of hydrogen-bond acceptors (Lipinski definition) is 2. The lowest BCUT2D eigenvalue weighted by Crippen LogP contribution is -2.35. The number of ether oxygens (including phenoxy) is 2. The van der Waals surface area contributed by atoms with E-state index in [1.165, 1.54) is 18.4 Å². The highest BCUT2D eigenvalue weighted by Crippen LogP contribution is 2.49. The second-order valence-corrected chi connectivity index (χ2v) is 5.67. The first-order valence-corrected chi connectivity index (χ1v) is 5.95. The van der Waals surface area contributed by atoms with Crippen LogP contribution in [0.25, 0.3) is 0 Å². The van der Waals surface area contributed by atoms with Crippen molar-refractivity contribution >= 4 is 0 Å². The van der Waals surface area contributed by atoms with Gasteiger partial charge in [-0.1, -0.05) is 19.1 Å². The fraction of sp³-hybridized carbons (Fsp3) is 0.571. The molecule has 0 bridgehead atoms. The lowest BCUT2D eigenvalue weighted by molar-refractivity contribution is -0.180. The van der Waals surface area contributed by atoms with Gasteiger partial charge in [-0.2, -0.15) is 0 Å². The zero-order valence-corrected chi connectivity index (χ0v) is 10.2. The molecule has 1 fully saturated rings.